The smallest absolute Gasteiger partial charge is 0.205 e. The highest BCUT2D eigenvalue weighted by atomic mass is 32.1. The summed E-state index contributed by atoms with van der Waals surface area (Å²) in [4.78, 5) is 0. The lowest BCUT2D eigenvalue weighted by atomic mass is 9.83. The van der Waals surface area contributed by atoms with Gasteiger partial charge in [-0.25, -0.2) is 0 Å². The predicted molar refractivity (Wildman–Crippen MR) is 95.1 cm³/mol. The summed E-state index contributed by atoms with van der Waals surface area (Å²) in [7, 11) is -0.811. The lowest BCUT2D eigenvalue weighted by Crippen LogP contribution is -2.26. The molecule has 1 radical (unpaired) electrons. The summed E-state index contributed by atoms with van der Waals surface area (Å²) >= 11 is 4.67. The number of hydrogen-bond acceptors (Lipinski definition) is 3. The van der Waals surface area contributed by atoms with Gasteiger partial charge in [0.25, 0.3) is 0 Å². The third-order valence-corrected chi connectivity index (χ3v) is 4.31. The molecule has 0 bridgehead atoms. The largest absolute Gasteiger partial charge is 0.410 e. The van der Waals surface area contributed by atoms with E-state index in [2.05, 4.69) is 72.5 Å². The normalized spacial score (nSPS) is 14.6. The molecule has 119 valence electrons. The zero-order valence-corrected chi connectivity index (χ0v) is 16.2. The van der Waals surface area contributed by atoms with Crippen molar-refractivity contribution in [3.8, 4) is 0 Å². The van der Waals surface area contributed by atoms with Crippen LogP contribution in [0.4, 0.5) is 0 Å². The molecule has 4 heteroatoms. The molecule has 0 fully saturated rings. The minimum absolute atomic E-state index is 0.00796. The van der Waals surface area contributed by atoms with Crippen LogP contribution in [0.25, 0.3) is 0 Å². The van der Waals surface area contributed by atoms with E-state index in [4.69, 9.17) is 4.43 Å². The Morgan fingerprint density at radius 3 is 2.10 bits per heavy atom. The van der Waals surface area contributed by atoms with Gasteiger partial charge < -0.3 is 9.53 Å². The van der Waals surface area contributed by atoms with Crippen molar-refractivity contribution < 1.29 is 9.53 Å². The number of aliphatic hydroxyl groups excluding tert-OH is 1. The lowest BCUT2D eigenvalue weighted by Gasteiger charge is -2.34. The van der Waals surface area contributed by atoms with Gasteiger partial charge in [0.15, 0.2) is 0 Å². The molecule has 1 rings (SSSR count). The second kappa shape index (κ2) is 6.86. The van der Waals surface area contributed by atoms with Crippen LogP contribution in [0.2, 0.25) is 13.1 Å². The number of hydrogen-bond donors (Lipinski definition) is 2. The van der Waals surface area contributed by atoms with Crippen molar-refractivity contribution in [1.29, 1.82) is 0 Å². The maximum Gasteiger partial charge on any atom is 0.205 e. The Hall–Kier alpha value is -0.293. The second-order valence-corrected chi connectivity index (χ2v) is 10.6. The van der Waals surface area contributed by atoms with Crippen LogP contribution < -0.4 is 0 Å². The Morgan fingerprint density at radius 2 is 1.71 bits per heavy atom. The van der Waals surface area contributed by atoms with Crippen molar-refractivity contribution in [3.63, 3.8) is 0 Å². The van der Waals surface area contributed by atoms with E-state index in [1.807, 2.05) is 6.07 Å². The van der Waals surface area contributed by atoms with Crippen LogP contribution in [0.5, 0.6) is 0 Å². The topological polar surface area (TPSA) is 29.5 Å². The fourth-order valence-corrected chi connectivity index (χ4v) is 3.38. The van der Waals surface area contributed by atoms with Gasteiger partial charge in [-0.3, -0.25) is 0 Å². The Balaban J connectivity index is 3.37. The van der Waals surface area contributed by atoms with Crippen molar-refractivity contribution in [2.45, 2.75) is 65.2 Å². The summed E-state index contributed by atoms with van der Waals surface area (Å²) in [6, 6.07) is 6.26. The zero-order valence-electron chi connectivity index (χ0n) is 14.3. The van der Waals surface area contributed by atoms with E-state index in [1.165, 1.54) is 0 Å². The van der Waals surface area contributed by atoms with Crippen LogP contribution in [-0.2, 0) is 15.8 Å². The summed E-state index contributed by atoms with van der Waals surface area (Å²) in [5.41, 5.74) is 3.18. The first-order valence-electron chi connectivity index (χ1n) is 7.39. The Morgan fingerprint density at radius 1 is 1.14 bits per heavy atom. The molecule has 21 heavy (non-hydrogen) atoms. The number of thiol groups is 1. The first kappa shape index (κ1) is 18.8. The summed E-state index contributed by atoms with van der Waals surface area (Å²) < 4.78 is 6.02. The molecule has 1 N–H and O–H groups in total. The summed E-state index contributed by atoms with van der Waals surface area (Å²) in [6.45, 7) is 15.1. The average Bonchev–Trinajstić information content (AvgIpc) is 2.32. The molecule has 0 aromatic heterocycles. The minimum Gasteiger partial charge on any atom is -0.410 e. The number of aliphatic hydroxyl groups is 1. The molecular weight excluding hydrogens is 296 g/mol. The van der Waals surface area contributed by atoms with E-state index < -0.39 is 9.04 Å². The Bertz CT molecular complexity index is 473. The van der Waals surface area contributed by atoms with Gasteiger partial charge in [0.05, 0.1) is 12.7 Å². The molecule has 0 spiro atoms. The van der Waals surface area contributed by atoms with Gasteiger partial charge in [0.1, 0.15) is 0 Å². The van der Waals surface area contributed by atoms with Gasteiger partial charge in [-0.2, -0.15) is 12.6 Å². The zero-order chi connectivity index (χ0) is 16.4. The molecule has 0 aliphatic rings. The molecule has 0 heterocycles. The van der Waals surface area contributed by atoms with Crippen molar-refractivity contribution in [1.82, 2.24) is 0 Å². The van der Waals surface area contributed by atoms with Crippen LogP contribution in [-0.4, -0.2) is 14.1 Å². The SMILES string of the molecule is C[Si](C)OC(c1cc(CO)cc(C(C)(C)S)c1)C(C)(C)C. The van der Waals surface area contributed by atoms with E-state index in [9.17, 15) is 5.11 Å². The van der Waals surface area contributed by atoms with E-state index >= 15 is 0 Å². The van der Waals surface area contributed by atoms with Crippen molar-refractivity contribution in [2.24, 2.45) is 5.41 Å². The first-order chi connectivity index (χ1) is 9.45. The Kier molecular flexibility index (Phi) is 6.13. The molecule has 2 nitrogen and oxygen atoms in total. The van der Waals surface area contributed by atoms with E-state index in [1.54, 1.807) is 0 Å². The molecular formula is C17H29O2SSi. The molecule has 0 aliphatic carbocycles. The highest BCUT2D eigenvalue weighted by Gasteiger charge is 2.29. The molecule has 1 atom stereocenters. The molecule has 0 aliphatic heterocycles. The van der Waals surface area contributed by atoms with Crippen LogP contribution in [0.1, 0.15) is 57.4 Å². The second-order valence-electron chi connectivity index (χ2n) is 7.45. The van der Waals surface area contributed by atoms with Crippen molar-refractivity contribution in [3.05, 3.63) is 34.9 Å². The van der Waals surface area contributed by atoms with Gasteiger partial charge >= 0.3 is 0 Å². The molecule has 1 aromatic carbocycles. The minimum atomic E-state index is -0.811. The fourth-order valence-electron chi connectivity index (χ4n) is 2.29. The van der Waals surface area contributed by atoms with E-state index in [-0.39, 0.29) is 22.9 Å². The fraction of sp³-hybridized carbons (Fsp3) is 0.647. The Labute approximate surface area is 137 Å². The van der Waals surface area contributed by atoms with Gasteiger partial charge in [-0.1, -0.05) is 39.0 Å². The first-order valence-corrected chi connectivity index (χ1v) is 10.2. The van der Waals surface area contributed by atoms with Gasteiger partial charge in [-0.15, -0.1) is 0 Å². The van der Waals surface area contributed by atoms with Crippen LogP contribution in [0.3, 0.4) is 0 Å². The monoisotopic (exact) mass is 325 g/mol. The lowest BCUT2D eigenvalue weighted by molar-refractivity contribution is 0.0863. The molecule has 1 unspecified atom stereocenters. The quantitative estimate of drug-likeness (QED) is 0.607. The molecule has 0 saturated heterocycles. The van der Waals surface area contributed by atoms with Crippen molar-refractivity contribution >= 4 is 21.7 Å². The maximum absolute atomic E-state index is 9.56. The van der Waals surface area contributed by atoms with Gasteiger partial charge in [0, 0.05) is 4.75 Å². The summed E-state index contributed by atoms with van der Waals surface area (Å²) in [5.74, 6) is 0. The maximum atomic E-state index is 9.56. The highest BCUT2D eigenvalue weighted by Crippen LogP contribution is 2.39. The van der Waals surface area contributed by atoms with Gasteiger partial charge in [-0.05, 0) is 49.0 Å². The standard InChI is InChI=1S/C17H29O2SSi/c1-16(2,3)15(19-21(6)7)13-8-12(11-18)9-14(10-13)17(4,5)20/h8-10,15,18,20H,11H2,1-7H3. The summed E-state index contributed by atoms with van der Waals surface area (Å²) in [5, 5.41) is 9.56. The third kappa shape index (κ3) is 5.44. The van der Waals surface area contributed by atoms with E-state index in [0.717, 1.165) is 16.7 Å². The van der Waals surface area contributed by atoms with Crippen molar-refractivity contribution in [2.75, 3.05) is 0 Å². The van der Waals surface area contributed by atoms with Gasteiger partial charge in [0.2, 0.25) is 9.04 Å². The molecule has 0 saturated carbocycles. The average molecular weight is 326 g/mol. The van der Waals surface area contributed by atoms with Crippen LogP contribution in [0.15, 0.2) is 18.2 Å². The van der Waals surface area contributed by atoms with Crippen LogP contribution in [0, 0.1) is 5.41 Å². The predicted octanol–water partition coefficient (Wildman–Crippen LogP) is 4.70. The highest BCUT2D eigenvalue weighted by molar-refractivity contribution is 7.81. The van der Waals surface area contributed by atoms with E-state index in [0.29, 0.717) is 0 Å². The summed E-state index contributed by atoms with van der Waals surface area (Å²) in [6.07, 6.45) is 0.0299. The number of rotatable bonds is 5. The van der Waals surface area contributed by atoms with Crippen LogP contribution >= 0.6 is 12.6 Å². The molecule has 0 amide bonds. The third-order valence-electron chi connectivity index (χ3n) is 3.35. The molecule has 1 aromatic rings. The number of benzene rings is 1.